The molecule has 0 bridgehead atoms. The highest BCUT2D eigenvalue weighted by Gasteiger charge is 2.21. The van der Waals surface area contributed by atoms with E-state index in [1.165, 1.54) is 0 Å². The molecular weight excluding hydrogens is 453 g/mol. The molecule has 3 aromatic rings. The normalized spacial score (nSPS) is 11.4. The predicted octanol–water partition coefficient (Wildman–Crippen LogP) is 6.18. The molecule has 0 aliphatic heterocycles. The molecule has 2 heterocycles. The van der Waals surface area contributed by atoms with Crippen molar-refractivity contribution in [2.24, 2.45) is 0 Å². The molecule has 0 fully saturated rings. The Hall–Kier alpha value is -0.620. The number of halogens is 4. The van der Waals surface area contributed by atoms with Crippen LogP contribution < -0.4 is 0 Å². The van der Waals surface area contributed by atoms with E-state index in [1.807, 2.05) is 37.5 Å². The molecule has 22 heavy (non-hydrogen) atoms. The molecule has 1 aromatic carbocycles. The van der Waals surface area contributed by atoms with Crippen molar-refractivity contribution in [3.63, 3.8) is 0 Å². The lowest BCUT2D eigenvalue weighted by Crippen LogP contribution is -2.02. The Labute approximate surface area is 154 Å². The first kappa shape index (κ1) is 16.2. The fourth-order valence-corrected chi connectivity index (χ4v) is 4.84. The number of rotatable bonds is 1. The third-order valence-electron chi connectivity index (χ3n) is 3.63. The van der Waals surface area contributed by atoms with E-state index in [0.717, 1.165) is 36.9 Å². The van der Waals surface area contributed by atoms with E-state index in [4.69, 9.17) is 23.2 Å². The van der Waals surface area contributed by atoms with Crippen molar-refractivity contribution in [3.8, 4) is 5.69 Å². The number of aromatic nitrogens is 3. The van der Waals surface area contributed by atoms with Gasteiger partial charge in [0.25, 0.3) is 0 Å². The first-order chi connectivity index (χ1) is 10.3. The molecule has 3 nitrogen and oxygen atoms in total. The minimum Gasteiger partial charge on any atom is -0.296 e. The summed E-state index contributed by atoms with van der Waals surface area (Å²) in [6, 6.07) is 3.81. The highest BCUT2D eigenvalue weighted by atomic mass is 79.9. The SMILES string of the molecule is Cc1nc(Cl)c2c(C)c(C)n(-c3c(Cl)cc(Br)cc3Br)c2n1. The van der Waals surface area contributed by atoms with Crippen molar-refractivity contribution in [1.82, 2.24) is 14.5 Å². The Morgan fingerprint density at radius 2 is 1.73 bits per heavy atom. The largest absolute Gasteiger partial charge is 0.296 e. The maximum atomic E-state index is 6.47. The van der Waals surface area contributed by atoms with Crippen LogP contribution in [-0.4, -0.2) is 14.5 Å². The molecule has 0 saturated carbocycles. The van der Waals surface area contributed by atoms with Crippen LogP contribution in [0.3, 0.4) is 0 Å². The molecule has 7 heteroatoms. The van der Waals surface area contributed by atoms with Gasteiger partial charge in [0.2, 0.25) is 0 Å². The molecular formula is C15H11Br2Cl2N3. The number of fused-ring (bicyclic) bond motifs is 1. The Balaban J connectivity index is 2.50. The summed E-state index contributed by atoms with van der Waals surface area (Å²) in [5.74, 6) is 0.626. The number of hydrogen-bond acceptors (Lipinski definition) is 2. The van der Waals surface area contributed by atoms with Gasteiger partial charge >= 0.3 is 0 Å². The standard InChI is InChI=1S/C15H11Br2Cl2N3/c1-6-7(2)22(13-10(17)4-9(16)5-11(13)18)15-12(6)14(19)20-8(3)21-15/h4-5H,1-3H3. The minimum absolute atomic E-state index is 0.464. The molecule has 3 rings (SSSR count). The third kappa shape index (κ3) is 2.48. The zero-order chi connectivity index (χ0) is 16.2. The van der Waals surface area contributed by atoms with E-state index in [9.17, 15) is 0 Å². The highest BCUT2D eigenvalue weighted by molar-refractivity contribution is 9.11. The maximum absolute atomic E-state index is 6.47. The van der Waals surface area contributed by atoms with Gasteiger partial charge in [-0.05, 0) is 54.4 Å². The summed E-state index contributed by atoms with van der Waals surface area (Å²) >= 11 is 19.8. The van der Waals surface area contributed by atoms with E-state index in [-0.39, 0.29) is 0 Å². The van der Waals surface area contributed by atoms with Crippen molar-refractivity contribution >= 4 is 66.1 Å². The zero-order valence-electron chi connectivity index (χ0n) is 12.0. The number of benzene rings is 1. The molecule has 0 saturated heterocycles. The van der Waals surface area contributed by atoms with Crippen LogP contribution in [0.15, 0.2) is 21.1 Å². The van der Waals surface area contributed by atoms with Crippen LogP contribution in [0.4, 0.5) is 0 Å². The Kier molecular flexibility index (Phi) is 4.27. The number of nitrogens with zero attached hydrogens (tertiary/aromatic N) is 3. The topological polar surface area (TPSA) is 30.7 Å². The van der Waals surface area contributed by atoms with E-state index in [1.54, 1.807) is 0 Å². The second-order valence-corrected chi connectivity index (χ2v) is 7.56. The summed E-state index contributed by atoms with van der Waals surface area (Å²) in [7, 11) is 0. The fraction of sp³-hybridized carbons (Fsp3) is 0.200. The van der Waals surface area contributed by atoms with Crippen LogP contribution in [0.5, 0.6) is 0 Å². The summed E-state index contributed by atoms with van der Waals surface area (Å²) in [6.45, 7) is 5.86. The zero-order valence-corrected chi connectivity index (χ0v) is 16.7. The van der Waals surface area contributed by atoms with Crippen LogP contribution in [0.2, 0.25) is 10.2 Å². The van der Waals surface area contributed by atoms with E-state index in [2.05, 4.69) is 41.8 Å². The monoisotopic (exact) mass is 461 g/mol. The second-order valence-electron chi connectivity index (χ2n) is 5.02. The Bertz CT molecular complexity index is 896. The van der Waals surface area contributed by atoms with Crippen LogP contribution >= 0.6 is 55.1 Å². The van der Waals surface area contributed by atoms with Gasteiger partial charge in [-0.1, -0.05) is 39.1 Å². The van der Waals surface area contributed by atoms with Gasteiger partial charge in [-0.25, -0.2) is 9.97 Å². The van der Waals surface area contributed by atoms with E-state index < -0.39 is 0 Å². The molecule has 0 atom stereocenters. The fourth-order valence-electron chi connectivity index (χ4n) is 2.54. The molecule has 0 N–H and O–H groups in total. The first-order valence-corrected chi connectivity index (χ1v) is 8.82. The molecule has 0 aliphatic rings. The molecule has 114 valence electrons. The lowest BCUT2D eigenvalue weighted by atomic mass is 10.2. The molecule has 0 amide bonds. The maximum Gasteiger partial charge on any atom is 0.150 e. The van der Waals surface area contributed by atoms with Gasteiger partial charge in [-0.3, -0.25) is 4.57 Å². The lowest BCUT2D eigenvalue weighted by molar-refractivity contribution is 0.989. The molecule has 0 unspecified atom stereocenters. The van der Waals surface area contributed by atoms with Crippen LogP contribution in [-0.2, 0) is 0 Å². The summed E-state index contributed by atoms with van der Waals surface area (Å²) in [6.07, 6.45) is 0. The average molecular weight is 464 g/mol. The summed E-state index contributed by atoms with van der Waals surface area (Å²) in [4.78, 5) is 8.83. The molecule has 0 radical (unpaired) electrons. The first-order valence-electron chi connectivity index (χ1n) is 6.48. The average Bonchev–Trinajstić information content (AvgIpc) is 2.62. The van der Waals surface area contributed by atoms with Gasteiger partial charge in [0, 0.05) is 14.6 Å². The second kappa shape index (κ2) is 5.78. The smallest absolute Gasteiger partial charge is 0.150 e. The highest BCUT2D eigenvalue weighted by Crippen LogP contribution is 2.38. The van der Waals surface area contributed by atoms with Crippen molar-refractivity contribution in [3.05, 3.63) is 48.3 Å². The summed E-state index contributed by atoms with van der Waals surface area (Å²) < 4.78 is 3.80. The van der Waals surface area contributed by atoms with Crippen LogP contribution in [0.1, 0.15) is 17.1 Å². The van der Waals surface area contributed by atoms with Crippen molar-refractivity contribution < 1.29 is 0 Å². The van der Waals surface area contributed by atoms with Gasteiger partial charge in [0.1, 0.15) is 16.6 Å². The van der Waals surface area contributed by atoms with E-state index >= 15 is 0 Å². The van der Waals surface area contributed by atoms with E-state index in [0.29, 0.717) is 16.0 Å². The molecule has 0 aliphatic carbocycles. The van der Waals surface area contributed by atoms with Crippen molar-refractivity contribution in [2.75, 3.05) is 0 Å². The molecule has 2 aromatic heterocycles. The van der Waals surface area contributed by atoms with Crippen molar-refractivity contribution in [2.45, 2.75) is 20.8 Å². The number of aryl methyl sites for hydroxylation is 2. The third-order valence-corrected chi connectivity index (χ3v) is 5.25. The predicted molar refractivity (Wildman–Crippen MR) is 98.5 cm³/mol. The van der Waals surface area contributed by atoms with Gasteiger partial charge in [0.15, 0.2) is 0 Å². The van der Waals surface area contributed by atoms with Crippen LogP contribution in [0, 0.1) is 20.8 Å². The van der Waals surface area contributed by atoms with Gasteiger partial charge in [-0.15, -0.1) is 0 Å². The van der Waals surface area contributed by atoms with Crippen molar-refractivity contribution in [1.29, 1.82) is 0 Å². The van der Waals surface area contributed by atoms with Gasteiger partial charge in [-0.2, -0.15) is 0 Å². The number of hydrogen-bond donors (Lipinski definition) is 0. The minimum atomic E-state index is 0.464. The molecule has 0 spiro atoms. The van der Waals surface area contributed by atoms with Crippen LogP contribution in [0.25, 0.3) is 16.7 Å². The van der Waals surface area contributed by atoms with Gasteiger partial charge in [0.05, 0.1) is 16.1 Å². The Morgan fingerprint density at radius 1 is 1.05 bits per heavy atom. The Morgan fingerprint density at radius 3 is 2.36 bits per heavy atom. The summed E-state index contributed by atoms with van der Waals surface area (Å²) in [5, 5.41) is 1.94. The quantitative estimate of drug-likeness (QED) is 0.403. The summed E-state index contributed by atoms with van der Waals surface area (Å²) in [5.41, 5.74) is 3.68. The lowest BCUT2D eigenvalue weighted by Gasteiger charge is -2.13. The van der Waals surface area contributed by atoms with Gasteiger partial charge < -0.3 is 0 Å².